The molecule has 6 aliphatic rings. The number of rotatable bonds is 4. The number of carbonyl (C=O) groups is 1. The molecule has 2 saturated carbocycles. The third-order valence-corrected chi connectivity index (χ3v) is 10.2. The molecule has 0 unspecified atom stereocenters. The maximum atomic E-state index is 13.6. The van der Waals surface area contributed by atoms with Crippen LogP contribution in [0.15, 0.2) is 53.1 Å². The predicted octanol–water partition coefficient (Wildman–Crippen LogP) is 3.92. The van der Waals surface area contributed by atoms with Gasteiger partial charge in [0.1, 0.15) is 11.9 Å². The number of H-pyrrole nitrogens is 1. The number of nitrogens with zero attached hydrogens (tertiary/aromatic N) is 1. The van der Waals surface area contributed by atoms with Gasteiger partial charge in [-0.05, 0) is 75.6 Å². The minimum atomic E-state index is -0.912. The number of hydrogen-bond acceptors (Lipinski definition) is 5. The molecule has 1 aromatic carbocycles. The molecular formula is C29H33N3O4. The van der Waals surface area contributed by atoms with E-state index in [2.05, 4.69) is 15.2 Å². The van der Waals surface area contributed by atoms with Gasteiger partial charge >= 0.3 is 0 Å². The van der Waals surface area contributed by atoms with Gasteiger partial charge in [0, 0.05) is 47.2 Å². The average Bonchev–Trinajstić information content (AvgIpc) is 3.41. The van der Waals surface area contributed by atoms with Gasteiger partial charge in [-0.25, -0.2) is 0 Å². The highest BCUT2D eigenvalue weighted by Gasteiger charge is 2.74. The second-order valence-electron chi connectivity index (χ2n) is 12.0. The maximum absolute atomic E-state index is 13.6. The van der Waals surface area contributed by atoms with Crippen molar-refractivity contribution in [1.29, 1.82) is 0 Å². The minimum absolute atomic E-state index is 0.0848. The molecule has 3 heterocycles. The highest BCUT2D eigenvalue weighted by atomic mass is 16.5. The molecule has 4 aliphatic carbocycles. The summed E-state index contributed by atoms with van der Waals surface area (Å²) in [6.07, 6.45) is 8.45. The minimum Gasteiger partial charge on any atom is -0.508 e. The van der Waals surface area contributed by atoms with Crippen LogP contribution in [0.1, 0.15) is 61.7 Å². The van der Waals surface area contributed by atoms with Gasteiger partial charge in [0.15, 0.2) is 5.76 Å². The zero-order valence-electron chi connectivity index (χ0n) is 20.4. The lowest BCUT2D eigenvalue weighted by Gasteiger charge is -2.64. The van der Waals surface area contributed by atoms with Crippen molar-refractivity contribution in [2.24, 2.45) is 11.3 Å². The third kappa shape index (κ3) is 2.63. The lowest BCUT2D eigenvalue weighted by molar-refractivity contribution is -0.212. The first kappa shape index (κ1) is 21.3. The first-order valence-electron chi connectivity index (χ1n) is 13.6. The van der Waals surface area contributed by atoms with Crippen molar-refractivity contribution in [2.75, 3.05) is 13.1 Å². The molecule has 7 heteroatoms. The average molecular weight is 488 g/mol. The molecule has 2 bridgehead atoms. The van der Waals surface area contributed by atoms with Crippen molar-refractivity contribution in [2.45, 2.75) is 75.2 Å². The van der Waals surface area contributed by atoms with Crippen LogP contribution in [0.2, 0.25) is 0 Å². The second kappa shape index (κ2) is 7.17. The molecule has 1 spiro atoms. The van der Waals surface area contributed by atoms with Crippen LogP contribution in [0.25, 0.3) is 10.9 Å². The number of aliphatic hydroxyl groups excluding tert-OH is 1. The van der Waals surface area contributed by atoms with Crippen molar-refractivity contribution in [3.8, 4) is 0 Å². The summed E-state index contributed by atoms with van der Waals surface area (Å²) >= 11 is 0. The van der Waals surface area contributed by atoms with E-state index in [9.17, 15) is 15.0 Å². The van der Waals surface area contributed by atoms with Crippen LogP contribution in [-0.2, 0) is 4.74 Å². The van der Waals surface area contributed by atoms with E-state index in [1.54, 1.807) is 0 Å². The number of piperidine rings is 1. The van der Waals surface area contributed by atoms with Crippen LogP contribution in [-0.4, -0.2) is 62.9 Å². The summed E-state index contributed by atoms with van der Waals surface area (Å²) in [5.74, 6) is 1.56. The van der Waals surface area contributed by atoms with E-state index in [1.807, 2.05) is 30.5 Å². The highest BCUT2D eigenvalue weighted by Crippen LogP contribution is 2.68. The third-order valence-electron chi connectivity index (χ3n) is 10.2. The Morgan fingerprint density at radius 1 is 1.19 bits per heavy atom. The van der Waals surface area contributed by atoms with Gasteiger partial charge in [-0.15, -0.1) is 0 Å². The fraction of sp³-hybridized carbons (Fsp3) is 0.552. The summed E-state index contributed by atoms with van der Waals surface area (Å²) in [7, 11) is 0. The number of nitrogens with one attached hydrogen (secondary N) is 2. The van der Waals surface area contributed by atoms with Crippen LogP contribution >= 0.6 is 0 Å². The monoisotopic (exact) mass is 487 g/mol. The van der Waals surface area contributed by atoms with Crippen molar-refractivity contribution in [3.63, 3.8) is 0 Å². The Bertz CT molecular complexity index is 1360. The number of aromatic amines is 1. The molecule has 5 atom stereocenters. The van der Waals surface area contributed by atoms with E-state index in [4.69, 9.17) is 4.74 Å². The Morgan fingerprint density at radius 3 is 2.94 bits per heavy atom. The molecule has 1 aromatic heterocycles. The van der Waals surface area contributed by atoms with Crippen LogP contribution in [0.5, 0.6) is 0 Å². The molecule has 188 valence electrons. The van der Waals surface area contributed by atoms with E-state index >= 15 is 0 Å². The molecule has 7 nitrogen and oxygen atoms in total. The summed E-state index contributed by atoms with van der Waals surface area (Å²) in [5.41, 5.74) is 2.52. The molecule has 2 aromatic rings. The first-order chi connectivity index (χ1) is 17.5. The molecule has 8 rings (SSSR count). The van der Waals surface area contributed by atoms with Crippen molar-refractivity contribution < 1.29 is 19.7 Å². The topological polar surface area (TPSA) is 97.8 Å². The number of aliphatic hydroxyl groups is 2. The number of fused-ring (bicyclic) bond motifs is 1. The van der Waals surface area contributed by atoms with Gasteiger partial charge in [-0.3, -0.25) is 9.69 Å². The van der Waals surface area contributed by atoms with E-state index in [0.29, 0.717) is 36.3 Å². The normalized spacial score (nSPS) is 37.2. The number of aromatic nitrogens is 1. The molecule has 0 radical (unpaired) electrons. The van der Waals surface area contributed by atoms with Crippen LogP contribution in [0, 0.1) is 11.3 Å². The van der Waals surface area contributed by atoms with Gasteiger partial charge in [0.25, 0.3) is 5.91 Å². The Kier molecular flexibility index (Phi) is 4.25. The smallest absolute Gasteiger partial charge is 0.252 e. The lowest BCUT2D eigenvalue weighted by atomic mass is 9.47. The molecule has 4 N–H and O–H groups in total. The van der Waals surface area contributed by atoms with Gasteiger partial charge in [-0.1, -0.05) is 11.6 Å². The molecule has 1 amide bonds. The van der Waals surface area contributed by atoms with Crippen LogP contribution in [0.3, 0.4) is 0 Å². The Hall–Kier alpha value is -2.77. The summed E-state index contributed by atoms with van der Waals surface area (Å²) in [5, 5.41) is 27.7. The lowest BCUT2D eigenvalue weighted by Crippen LogP contribution is -2.75. The van der Waals surface area contributed by atoms with Gasteiger partial charge in [-0.2, -0.15) is 0 Å². The fourth-order valence-corrected chi connectivity index (χ4v) is 8.45. The maximum Gasteiger partial charge on any atom is 0.252 e. The van der Waals surface area contributed by atoms with Crippen LogP contribution < -0.4 is 5.32 Å². The number of allylic oxidation sites excluding steroid dienone is 2. The number of hydrogen-bond donors (Lipinski definition) is 4. The van der Waals surface area contributed by atoms with Crippen molar-refractivity contribution >= 4 is 16.8 Å². The fourth-order valence-electron chi connectivity index (χ4n) is 8.45. The van der Waals surface area contributed by atoms with Crippen molar-refractivity contribution in [3.05, 3.63) is 58.7 Å². The van der Waals surface area contributed by atoms with E-state index in [-0.39, 0.29) is 24.1 Å². The molecule has 36 heavy (non-hydrogen) atoms. The summed E-state index contributed by atoms with van der Waals surface area (Å²) in [6.45, 7) is 2.00. The number of benzene rings is 1. The number of carbonyl (C=O) groups excluding carboxylic acids is 1. The standard InChI is InChI=1S/C29H33N3O4/c33-22-7-6-17-14-23-29(35)10-8-21(31-27(34)19-2-1-3-20-18(19)9-12-30-20)26-28(29,24(17)25(22)36-26)11-13-32(23)15-16-4-5-16/h1-3,9,12,16,21,23,26,30,33,35H,4-8,10-11,13-15H2,(H,31,34)/t21-,23-,26+,28+,29-/m1/s1. The van der Waals surface area contributed by atoms with E-state index < -0.39 is 11.0 Å². The quantitative estimate of drug-likeness (QED) is 0.524. The Labute approximate surface area is 210 Å². The zero-order chi connectivity index (χ0) is 24.2. The number of likely N-dealkylation sites (tertiary alicyclic amines) is 1. The predicted molar refractivity (Wildman–Crippen MR) is 134 cm³/mol. The molecular weight excluding hydrogens is 454 g/mol. The zero-order valence-corrected chi connectivity index (χ0v) is 20.4. The molecule has 4 fully saturated rings. The molecule has 2 saturated heterocycles. The summed E-state index contributed by atoms with van der Waals surface area (Å²) in [6, 6.07) is 7.51. The Balaban J connectivity index is 1.20. The van der Waals surface area contributed by atoms with E-state index in [1.165, 1.54) is 18.4 Å². The van der Waals surface area contributed by atoms with Gasteiger partial charge < -0.3 is 25.3 Å². The SMILES string of the molecule is O=C(N[C@@H]1CC[C@@]2(O)[C@H]3CC4=C5C(=C(O)CC4)O[C@@H]1[C@]52CCN3CC1CC1)c1cccc2[nH]ccc12. The summed E-state index contributed by atoms with van der Waals surface area (Å²) in [4.78, 5) is 19.3. The van der Waals surface area contributed by atoms with E-state index in [0.717, 1.165) is 54.7 Å². The second-order valence-corrected chi connectivity index (χ2v) is 12.0. The van der Waals surface area contributed by atoms with Gasteiger partial charge in [0.2, 0.25) is 0 Å². The highest BCUT2D eigenvalue weighted by molar-refractivity contribution is 6.06. The summed E-state index contributed by atoms with van der Waals surface area (Å²) < 4.78 is 6.63. The first-order valence-corrected chi connectivity index (χ1v) is 13.6. The van der Waals surface area contributed by atoms with Crippen molar-refractivity contribution in [1.82, 2.24) is 15.2 Å². The number of ether oxygens (including phenoxy) is 1. The van der Waals surface area contributed by atoms with Crippen LogP contribution in [0.4, 0.5) is 0 Å². The Morgan fingerprint density at radius 2 is 2.08 bits per heavy atom. The van der Waals surface area contributed by atoms with Gasteiger partial charge in [0.05, 0.1) is 17.1 Å². The molecule has 2 aliphatic heterocycles. The number of amides is 1. The largest absolute Gasteiger partial charge is 0.508 e.